The summed E-state index contributed by atoms with van der Waals surface area (Å²) in [5, 5.41) is 9.35. The van der Waals surface area contributed by atoms with E-state index >= 15 is 0 Å². The molecule has 1 rings (SSSR count). The molecule has 0 spiro atoms. The average molecular weight is 322 g/mol. The minimum absolute atomic E-state index is 0.00552. The smallest absolute Gasteiger partial charge is 0.387 e. The maximum absolute atomic E-state index is 12.4. The highest BCUT2D eigenvalue weighted by molar-refractivity contribution is 6.30. The highest BCUT2D eigenvalue weighted by Crippen LogP contribution is 2.28. The number of carbonyl (C=O) groups is 1. The van der Waals surface area contributed by atoms with Crippen molar-refractivity contribution >= 4 is 17.6 Å². The van der Waals surface area contributed by atoms with Crippen molar-refractivity contribution in [3.63, 3.8) is 0 Å². The third-order valence-electron chi connectivity index (χ3n) is 2.87. The fourth-order valence-electron chi connectivity index (χ4n) is 1.78. The molecule has 1 aromatic carbocycles. The first-order chi connectivity index (χ1) is 9.59. The summed E-state index contributed by atoms with van der Waals surface area (Å²) < 4.78 is 29.3. The van der Waals surface area contributed by atoms with Gasteiger partial charge in [0.25, 0.3) is 0 Å². The van der Waals surface area contributed by atoms with Crippen LogP contribution in [-0.2, 0) is 11.3 Å². The summed E-state index contributed by atoms with van der Waals surface area (Å²) in [6, 6.07) is 4.30. The van der Waals surface area contributed by atoms with Crippen LogP contribution in [0.3, 0.4) is 0 Å². The van der Waals surface area contributed by atoms with E-state index in [4.69, 9.17) is 16.7 Å². The SMILES string of the molecule is CC(C)(C)N(CC(=O)O)Cc1cc(Cl)ccc1OC(F)F. The molecule has 1 N–H and O–H groups in total. The standard InChI is InChI=1S/C14H18ClF2NO3/c1-14(2,3)18(8-12(19)20)7-9-6-10(15)4-5-11(9)21-13(16)17/h4-6,13H,7-8H2,1-3H3,(H,19,20). The molecule has 0 aliphatic carbocycles. The number of nitrogens with zero attached hydrogens (tertiary/aromatic N) is 1. The Hall–Kier alpha value is -1.40. The molecule has 0 radical (unpaired) electrons. The van der Waals surface area contributed by atoms with Gasteiger partial charge < -0.3 is 9.84 Å². The summed E-state index contributed by atoms with van der Waals surface area (Å²) in [5.74, 6) is -1.00. The molecule has 0 saturated carbocycles. The van der Waals surface area contributed by atoms with E-state index in [2.05, 4.69) is 4.74 Å². The van der Waals surface area contributed by atoms with Gasteiger partial charge in [0.05, 0.1) is 6.54 Å². The Morgan fingerprint density at radius 1 is 1.43 bits per heavy atom. The van der Waals surface area contributed by atoms with Gasteiger partial charge in [0.2, 0.25) is 0 Å². The Kier molecular flexibility index (Phi) is 5.92. The molecule has 0 aromatic heterocycles. The van der Waals surface area contributed by atoms with Crippen LogP contribution in [0.25, 0.3) is 0 Å². The number of benzene rings is 1. The molecule has 0 fully saturated rings. The lowest BCUT2D eigenvalue weighted by molar-refractivity contribution is -0.140. The van der Waals surface area contributed by atoms with Crippen molar-refractivity contribution in [1.82, 2.24) is 4.90 Å². The Morgan fingerprint density at radius 2 is 2.05 bits per heavy atom. The summed E-state index contributed by atoms with van der Waals surface area (Å²) >= 11 is 5.88. The van der Waals surface area contributed by atoms with Crippen LogP contribution in [0.4, 0.5) is 8.78 Å². The van der Waals surface area contributed by atoms with Crippen LogP contribution in [0.5, 0.6) is 5.75 Å². The van der Waals surface area contributed by atoms with Crippen molar-refractivity contribution in [2.24, 2.45) is 0 Å². The molecule has 0 saturated heterocycles. The third-order valence-corrected chi connectivity index (χ3v) is 3.11. The maximum atomic E-state index is 12.4. The van der Waals surface area contributed by atoms with Crippen LogP contribution in [0.15, 0.2) is 18.2 Å². The predicted octanol–water partition coefficient (Wildman–Crippen LogP) is 3.63. The first-order valence-electron chi connectivity index (χ1n) is 6.29. The lowest BCUT2D eigenvalue weighted by Crippen LogP contribution is -2.43. The zero-order chi connectivity index (χ0) is 16.2. The molecule has 0 bridgehead atoms. The topological polar surface area (TPSA) is 49.8 Å². The van der Waals surface area contributed by atoms with Gasteiger partial charge in [0.15, 0.2) is 0 Å². The zero-order valence-corrected chi connectivity index (χ0v) is 12.8. The van der Waals surface area contributed by atoms with E-state index in [1.165, 1.54) is 18.2 Å². The molecule has 0 unspecified atom stereocenters. The molecular weight excluding hydrogens is 304 g/mol. The van der Waals surface area contributed by atoms with Gasteiger partial charge in [-0.3, -0.25) is 9.69 Å². The van der Waals surface area contributed by atoms with Gasteiger partial charge in [0.1, 0.15) is 5.75 Å². The van der Waals surface area contributed by atoms with Gasteiger partial charge in [-0.2, -0.15) is 8.78 Å². The maximum Gasteiger partial charge on any atom is 0.387 e. The number of alkyl halides is 2. The van der Waals surface area contributed by atoms with Gasteiger partial charge in [-0.05, 0) is 39.0 Å². The number of ether oxygens (including phenoxy) is 1. The van der Waals surface area contributed by atoms with E-state index in [-0.39, 0.29) is 18.8 Å². The number of carboxylic acids is 1. The quantitative estimate of drug-likeness (QED) is 0.869. The molecule has 0 heterocycles. The minimum atomic E-state index is -2.95. The number of halogens is 3. The number of aliphatic carboxylic acids is 1. The fourth-order valence-corrected chi connectivity index (χ4v) is 1.98. The Balaban J connectivity index is 3.06. The average Bonchev–Trinajstić information content (AvgIpc) is 2.29. The van der Waals surface area contributed by atoms with Crippen molar-refractivity contribution in [2.75, 3.05) is 6.54 Å². The minimum Gasteiger partial charge on any atom is -0.480 e. The van der Waals surface area contributed by atoms with Crippen molar-refractivity contribution in [1.29, 1.82) is 0 Å². The first kappa shape index (κ1) is 17.7. The molecule has 0 atom stereocenters. The van der Waals surface area contributed by atoms with Crippen molar-refractivity contribution in [3.05, 3.63) is 28.8 Å². The number of rotatable bonds is 6. The van der Waals surface area contributed by atoms with Gasteiger partial charge in [-0.15, -0.1) is 0 Å². The number of carboxylic acid groups (broad SMARTS) is 1. The first-order valence-corrected chi connectivity index (χ1v) is 6.67. The van der Waals surface area contributed by atoms with E-state index < -0.39 is 18.1 Å². The predicted molar refractivity (Wildman–Crippen MR) is 75.9 cm³/mol. The summed E-state index contributed by atoms with van der Waals surface area (Å²) in [6.07, 6.45) is 0. The molecule has 0 aliphatic heterocycles. The van der Waals surface area contributed by atoms with Crippen molar-refractivity contribution in [3.8, 4) is 5.75 Å². The van der Waals surface area contributed by atoms with Gasteiger partial charge in [-0.1, -0.05) is 11.6 Å². The molecule has 1 aromatic rings. The van der Waals surface area contributed by atoms with Crippen molar-refractivity contribution < 1.29 is 23.4 Å². The number of hydrogen-bond donors (Lipinski definition) is 1. The van der Waals surface area contributed by atoms with Crippen LogP contribution >= 0.6 is 11.6 Å². The molecule has 4 nitrogen and oxygen atoms in total. The van der Waals surface area contributed by atoms with Crippen LogP contribution < -0.4 is 4.74 Å². The van der Waals surface area contributed by atoms with Crippen LogP contribution in [0, 0.1) is 0 Å². The molecule has 7 heteroatoms. The van der Waals surface area contributed by atoms with E-state index in [0.29, 0.717) is 10.6 Å². The van der Waals surface area contributed by atoms with Crippen molar-refractivity contribution in [2.45, 2.75) is 39.5 Å². The summed E-state index contributed by atoms with van der Waals surface area (Å²) in [4.78, 5) is 12.6. The highest BCUT2D eigenvalue weighted by Gasteiger charge is 2.25. The second-order valence-electron chi connectivity index (χ2n) is 5.55. The van der Waals surface area contributed by atoms with Gasteiger partial charge in [0, 0.05) is 22.7 Å². The Bertz CT molecular complexity index is 503. The van der Waals surface area contributed by atoms with Crippen LogP contribution in [0.2, 0.25) is 5.02 Å². The third kappa shape index (κ3) is 5.85. The van der Waals surface area contributed by atoms with Crippen LogP contribution in [-0.4, -0.2) is 34.7 Å². The van der Waals surface area contributed by atoms with E-state index in [1.54, 1.807) is 4.90 Å². The number of hydrogen-bond acceptors (Lipinski definition) is 3. The zero-order valence-electron chi connectivity index (χ0n) is 12.1. The lowest BCUT2D eigenvalue weighted by Gasteiger charge is -2.34. The Labute approximate surface area is 127 Å². The normalized spacial score (nSPS) is 12.0. The molecule has 0 aliphatic rings. The monoisotopic (exact) mass is 321 g/mol. The van der Waals surface area contributed by atoms with Gasteiger partial charge >= 0.3 is 12.6 Å². The largest absolute Gasteiger partial charge is 0.480 e. The second-order valence-corrected chi connectivity index (χ2v) is 5.99. The van der Waals surface area contributed by atoms with Gasteiger partial charge in [-0.25, -0.2) is 0 Å². The van der Waals surface area contributed by atoms with Crippen LogP contribution in [0.1, 0.15) is 26.3 Å². The van der Waals surface area contributed by atoms with E-state index in [0.717, 1.165) is 0 Å². The molecule has 0 amide bonds. The molecule has 21 heavy (non-hydrogen) atoms. The molecular formula is C14H18ClF2NO3. The van der Waals surface area contributed by atoms with E-state index in [9.17, 15) is 13.6 Å². The lowest BCUT2D eigenvalue weighted by atomic mass is 10.0. The summed E-state index contributed by atoms with van der Waals surface area (Å²) in [7, 11) is 0. The summed E-state index contributed by atoms with van der Waals surface area (Å²) in [6.45, 7) is 2.49. The Morgan fingerprint density at radius 3 is 2.52 bits per heavy atom. The van der Waals surface area contributed by atoms with E-state index in [1.807, 2.05) is 20.8 Å². The fraction of sp³-hybridized carbons (Fsp3) is 0.500. The molecule has 118 valence electrons. The summed E-state index contributed by atoms with van der Waals surface area (Å²) in [5.41, 5.74) is -0.0398. The second kappa shape index (κ2) is 7.04. The highest BCUT2D eigenvalue weighted by atomic mass is 35.5.